The van der Waals surface area contributed by atoms with E-state index in [1.807, 2.05) is 29.8 Å². The van der Waals surface area contributed by atoms with Crippen molar-refractivity contribution in [1.29, 1.82) is 0 Å². The Hall–Kier alpha value is -2.20. The van der Waals surface area contributed by atoms with E-state index < -0.39 is 5.97 Å². The van der Waals surface area contributed by atoms with Gasteiger partial charge in [0.15, 0.2) is 0 Å². The van der Waals surface area contributed by atoms with Crippen LogP contribution >= 0.6 is 34.4 Å². The van der Waals surface area contributed by atoms with Gasteiger partial charge in [-0.25, -0.2) is 14.6 Å². The average molecular weight is 436 g/mol. The molecule has 0 aliphatic rings. The van der Waals surface area contributed by atoms with Crippen molar-refractivity contribution in [3.63, 3.8) is 0 Å². The van der Waals surface area contributed by atoms with Crippen molar-refractivity contribution in [3.05, 3.63) is 40.6 Å². The van der Waals surface area contributed by atoms with E-state index in [0.29, 0.717) is 10.6 Å². The Balaban J connectivity index is 1.82. The molecule has 0 spiro atoms. The van der Waals surface area contributed by atoms with E-state index in [4.69, 9.17) is 19.2 Å². The Morgan fingerprint density at radius 2 is 1.93 bits per heavy atom. The largest absolute Gasteiger partial charge is 0.465 e. The molecular formula is C19H17NO5S3. The van der Waals surface area contributed by atoms with Crippen LogP contribution in [0.4, 0.5) is 0 Å². The number of thioether (sulfide) groups is 1. The molecule has 0 saturated heterocycles. The fourth-order valence-corrected chi connectivity index (χ4v) is 5.15. The zero-order valence-corrected chi connectivity index (χ0v) is 17.8. The normalized spacial score (nSPS) is 10.7. The highest BCUT2D eigenvalue weighted by atomic mass is 32.2. The third-order valence-corrected chi connectivity index (χ3v) is 6.77. The number of carbonyl (C=O) groups is 2. The molecule has 9 heteroatoms. The molecule has 0 fully saturated rings. The standard InChI is InChI=1S/C19H17NO5S3/c1-23-9-16(21)25-12-6-4-11(5-7-12)14-10-27-17(20-14)13-8-15(18(22)24-2)28-19(13)26-3/h4-8,10H,9H2,1-3H3. The zero-order chi connectivity index (χ0) is 20.1. The van der Waals surface area contributed by atoms with E-state index in [0.717, 1.165) is 26.0 Å². The molecule has 0 N–H and O–H groups in total. The lowest BCUT2D eigenvalue weighted by atomic mass is 10.2. The first-order chi connectivity index (χ1) is 13.5. The lowest BCUT2D eigenvalue weighted by Gasteiger charge is -2.04. The minimum atomic E-state index is -0.449. The molecule has 6 nitrogen and oxygen atoms in total. The number of esters is 2. The molecule has 2 heterocycles. The number of aromatic nitrogens is 1. The summed E-state index contributed by atoms with van der Waals surface area (Å²) in [6, 6.07) is 8.95. The van der Waals surface area contributed by atoms with E-state index in [2.05, 4.69) is 0 Å². The molecule has 146 valence electrons. The van der Waals surface area contributed by atoms with E-state index in [9.17, 15) is 9.59 Å². The number of thiophene rings is 1. The number of ether oxygens (including phenoxy) is 3. The number of benzene rings is 1. The summed E-state index contributed by atoms with van der Waals surface area (Å²) in [7, 11) is 2.81. The van der Waals surface area contributed by atoms with Crippen LogP contribution in [0, 0.1) is 0 Å². The number of carbonyl (C=O) groups excluding carboxylic acids is 2. The first kappa shape index (κ1) is 20.5. The third kappa shape index (κ3) is 4.61. The van der Waals surface area contributed by atoms with Gasteiger partial charge in [0.2, 0.25) is 0 Å². The molecule has 0 saturated carbocycles. The molecule has 0 atom stereocenters. The van der Waals surface area contributed by atoms with Crippen molar-refractivity contribution in [2.24, 2.45) is 0 Å². The van der Waals surface area contributed by atoms with Crippen LogP contribution in [0.5, 0.6) is 5.75 Å². The van der Waals surface area contributed by atoms with Gasteiger partial charge in [-0.05, 0) is 36.6 Å². The van der Waals surface area contributed by atoms with E-state index in [1.54, 1.807) is 23.9 Å². The molecule has 0 aliphatic carbocycles. The summed E-state index contributed by atoms with van der Waals surface area (Å²) in [5.74, 6) is -0.344. The van der Waals surface area contributed by atoms with E-state index >= 15 is 0 Å². The molecule has 2 aromatic heterocycles. The Morgan fingerprint density at radius 1 is 1.18 bits per heavy atom. The van der Waals surface area contributed by atoms with Gasteiger partial charge in [-0.3, -0.25) is 0 Å². The molecule has 0 bridgehead atoms. The molecular weight excluding hydrogens is 418 g/mol. The second kappa shape index (κ2) is 9.33. The van der Waals surface area contributed by atoms with E-state index in [-0.39, 0.29) is 12.6 Å². The summed E-state index contributed by atoms with van der Waals surface area (Å²) in [4.78, 5) is 28.6. The summed E-state index contributed by atoms with van der Waals surface area (Å²) < 4.78 is 15.7. The quantitative estimate of drug-likeness (QED) is 0.305. The lowest BCUT2D eigenvalue weighted by molar-refractivity contribution is -0.138. The second-order valence-corrected chi connectivity index (χ2v) is 8.46. The minimum Gasteiger partial charge on any atom is -0.465 e. The van der Waals surface area contributed by atoms with Crippen LogP contribution < -0.4 is 4.74 Å². The maximum absolute atomic E-state index is 11.8. The van der Waals surface area contributed by atoms with Crippen molar-refractivity contribution in [2.75, 3.05) is 27.1 Å². The monoisotopic (exact) mass is 435 g/mol. The number of nitrogens with zero attached hydrogens (tertiary/aromatic N) is 1. The van der Waals surface area contributed by atoms with Crippen LogP contribution in [0.3, 0.4) is 0 Å². The highest BCUT2D eigenvalue weighted by Gasteiger charge is 2.18. The first-order valence-corrected chi connectivity index (χ1v) is 11.0. The van der Waals surface area contributed by atoms with Crippen LogP contribution in [0.1, 0.15) is 9.67 Å². The zero-order valence-electron chi connectivity index (χ0n) is 15.4. The smallest absolute Gasteiger partial charge is 0.348 e. The molecule has 1 aromatic carbocycles. The fraction of sp³-hybridized carbons (Fsp3) is 0.211. The van der Waals surface area contributed by atoms with Crippen molar-refractivity contribution in [1.82, 2.24) is 4.98 Å². The summed E-state index contributed by atoms with van der Waals surface area (Å²) >= 11 is 4.48. The van der Waals surface area contributed by atoms with Crippen LogP contribution in [0.2, 0.25) is 0 Å². The summed E-state index contributed by atoms with van der Waals surface area (Å²) in [5.41, 5.74) is 2.65. The minimum absolute atomic E-state index is 0.0941. The number of methoxy groups -OCH3 is 2. The molecule has 0 radical (unpaired) electrons. The van der Waals surface area contributed by atoms with Crippen LogP contribution in [-0.4, -0.2) is 44.0 Å². The van der Waals surface area contributed by atoms with Gasteiger partial charge in [-0.2, -0.15) is 0 Å². The van der Waals surface area contributed by atoms with Gasteiger partial charge >= 0.3 is 11.9 Å². The molecule has 0 aliphatic heterocycles. The SMILES string of the molecule is COCC(=O)Oc1ccc(-c2csc(-c3cc(C(=O)OC)sc3SC)n2)cc1. The van der Waals surface area contributed by atoms with Gasteiger partial charge < -0.3 is 14.2 Å². The van der Waals surface area contributed by atoms with Gasteiger partial charge in [0.05, 0.1) is 17.0 Å². The first-order valence-electron chi connectivity index (χ1n) is 8.07. The Bertz CT molecular complexity index is 978. The van der Waals surface area contributed by atoms with Crippen molar-refractivity contribution in [3.8, 4) is 27.6 Å². The van der Waals surface area contributed by atoms with Gasteiger partial charge in [0.25, 0.3) is 0 Å². The Labute approximate surface area is 174 Å². The predicted molar refractivity (Wildman–Crippen MR) is 111 cm³/mol. The lowest BCUT2D eigenvalue weighted by Crippen LogP contribution is -2.13. The molecule has 28 heavy (non-hydrogen) atoms. The number of rotatable bonds is 7. The highest BCUT2D eigenvalue weighted by Crippen LogP contribution is 2.40. The number of thiazole rings is 1. The summed E-state index contributed by atoms with van der Waals surface area (Å²) in [6.45, 7) is -0.0941. The van der Waals surface area contributed by atoms with Crippen molar-refractivity contribution in [2.45, 2.75) is 4.21 Å². The Morgan fingerprint density at radius 3 is 2.57 bits per heavy atom. The summed E-state index contributed by atoms with van der Waals surface area (Å²) in [5, 5.41) is 2.79. The van der Waals surface area contributed by atoms with Crippen molar-refractivity contribution < 1.29 is 23.8 Å². The molecule has 0 unspecified atom stereocenters. The van der Waals surface area contributed by atoms with E-state index in [1.165, 1.54) is 36.9 Å². The highest BCUT2D eigenvalue weighted by molar-refractivity contribution is 8.00. The molecule has 3 aromatic rings. The number of hydrogen-bond acceptors (Lipinski definition) is 9. The van der Waals surface area contributed by atoms with Crippen molar-refractivity contribution >= 4 is 46.4 Å². The maximum Gasteiger partial charge on any atom is 0.348 e. The van der Waals surface area contributed by atoms with Gasteiger partial charge in [-0.1, -0.05) is 0 Å². The topological polar surface area (TPSA) is 74.7 Å². The fourth-order valence-electron chi connectivity index (χ4n) is 2.38. The van der Waals surface area contributed by atoms with Gasteiger partial charge in [0.1, 0.15) is 22.2 Å². The molecule has 3 rings (SSSR count). The molecule has 0 amide bonds. The van der Waals surface area contributed by atoms with Crippen LogP contribution in [0.25, 0.3) is 21.8 Å². The Kier molecular flexibility index (Phi) is 6.84. The predicted octanol–water partition coefficient (Wildman–Crippen LogP) is 4.60. The number of hydrogen-bond donors (Lipinski definition) is 0. The van der Waals surface area contributed by atoms with Gasteiger partial charge in [-0.15, -0.1) is 34.4 Å². The van der Waals surface area contributed by atoms with Crippen LogP contribution in [-0.2, 0) is 14.3 Å². The van der Waals surface area contributed by atoms with Gasteiger partial charge in [0, 0.05) is 23.6 Å². The average Bonchev–Trinajstić information content (AvgIpc) is 3.35. The third-order valence-electron chi connectivity index (χ3n) is 3.65. The second-order valence-electron chi connectivity index (χ2n) is 5.48. The summed E-state index contributed by atoms with van der Waals surface area (Å²) in [6.07, 6.45) is 1.97. The maximum atomic E-state index is 11.8. The van der Waals surface area contributed by atoms with Crippen LogP contribution in [0.15, 0.2) is 39.9 Å².